The van der Waals surface area contributed by atoms with Crippen LogP contribution >= 0.6 is 34.8 Å². The number of hydrogen-bond donors (Lipinski definition) is 3. The normalized spacial score (nSPS) is 13.8. The summed E-state index contributed by atoms with van der Waals surface area (Å²) in [7, 11) is 0. The van der Waals surface area contributed by atoms with Crippen molar-refractivity contribution in [1.29, 1.82) is 0 Å². The number of fused-ring (bicyclic) bond motifs is 3. The number of carbonyl (C=O) groups excluding carboxylic acids is 3. The summed E-state index contributed by atoms with van der Waals surface area (Å²) in [6.07, 6.45) is 1.40. The van der Waals surface area contributed by atoms with Crippen molar-refractivity contribution in [2.24, 2.45) is 5.73 Å². The molecule has 4 heterocycles. The van der Waals surface area contributed by atoms with Gasteiger partial charge in [-0.15, -0.1) is 0 Å². The number of nitrogens with two attached hydrogens (primary N) is 1. The molecule has 348 valence electrons. The van der Waals surface area contributed by atoms with E-state index in [9.17, 15) is 14.4 Å². The molecule has 0 aliphatic carbocycles. The molecule has 1 aliphatic heterocycles. The van der Waals surface area contributed by atoms with Crippen molar-refractivity contribution in [1.82, 2.24) is 25.6 Å². The highest BCUT2D eigenvalue weighted by Gasteiger charge is 2.20. The van der Waals surface area contributed by atoms with Gasteiger partial charge in [0.25, 0.3) is 18.0 Å². The predicted octanol–water partition coefficient (Wildman–Crippen LogP) is 9.32. The minimum atomic E-state index is -0.558. The van der Waals surface area contributed by atoms with E-state index in [2.05, 4.69) is 37.4 Å². The smallest absolute Gasteiger partial charge is 0.407 e. The quantitative estimate of drug-likeness (QED) is 0.0933. The standard InChI is InChI=1S/C18H24ClN3O4.C13H16ClN3O2.C13H16ClN3O.CH4/c1-12(23)7-9-22(10-8-20-17(24)26-18(2,3)4)16-21-14-11-13(19)5-6-15(14)25-16;1-9(18)4-6-17(7-5-15)13-16-11-8-10(14)2-3-12(11)19-13;1-9-4-6-17(7-5-15-9)13-16-11-8-10(14)2-3-12(11)18-13;/h5-6,11H,7-10H2,1-4H3,(H,20,24);2-3,8H,4-7,15H2,1H3;2-3,8-9,15H,4-7H2,1H3;1H4. The van der Waals surface area contributed by atoms with Crippen LogP contribution in [0.4, 0.5) is 22.8 Å². The highest BCUT2D eigenvalue weighted by atomic mass is 35.5. The van der Waals surface area contributed by atoms with Crippen molar-refractivity contribution in [3.8, 4) is 0 Å². The Bertz CT molecular complexity index is 2450. The fraction of sp³-hybridized carbons (Fsp3) is 0.467. The lowest BCUT2D eigenvalue weighted by Crippen LogP contribution is -2.38. The Balaban J connectivity index is 0.000000213. The number of ketones is 2. The van der Waals surface area contributed by atoms with E-state index in [0.717, 1.165) is 37.2 Å². The van der Waals surface area contributed by atoms with Crippen LogP contribution in [0.2, 0.25) is 15.1 Å². The SMILES string of the molecule is C.CC(=O)CCN(CCN)c1nc2cc(Cl)ccc2o1.CC(=O)CCN(CCNC(=O)OC(C)(C)C)c1nc2cc(Cl)ccc2o1.CC1CCN(c2nc3cc(Cl)ccc3o2)CCN1. The number of carbonyl (C=O) groups is 3. The maximum Gasteiger partial charge on any atom is 0.407 e. The molecule has 3 aromatic heterocycles. The molecule has 6 aromatic rings. The molecule has 16 nitrogen and oxygen atoms in total. The molecule has 19 heteroatoms. The van der Waals surface area contributed by atoms with Gasteiger partial charge < -0.3 is 49.1 Å². The molecule has 0 radical (unpaired) electrons. The lowest BCUT2D eigenvalue weighted by atomic mass is 10.2. The minimum Gasteiger partial charge on any atom is -0.444 e. The third-order valence-corrected chi connectivity index (χ3v) is 10.2. The first-order valence-corrected chi connectivity index (χ1v) is 21.9. The van der Waals surface area contributed by atoms with Crippen LogP contribution in [-0.4, -0.2) is 103 Å². The third kappa shape index (κ3) is 16.1. The number of Topliss-reactive ketones (excluding diaryl/α,β-unsaturated/α-hetero) is 2. The molecule has 7 rings (SSSR count). The highest BCUT2D eigenvalue weighted by molar-refractivity contribution is 6.31. The van der Waals surface area contributed by atoms with Crippen molar-refractivity contribution in [2.75, 3.05) is 73.6 Å². The average molecular weight is 945 g/mol. The van der Waals surface area contributed by atoms with E-state index >= 15 is 0 Å². The second-order valence-corrected chi connectivity index (χ2v) is 17.4. The van der Waals surface area contributed by atoms with E-state index < -0.39 is 11.7 Å². The van der Waals surface area contributed by atoms with Crippen LogP contribution in [0.15, 0.2) is 67.8 Å². The van der Waals surface area contributed by atoms with Gasteiger partial charge in [0.15, 0.2) is 16.7 Å². The monoisotopic (exact) mass is 943 g/mol. The number of anilines is 3. The molecule has 0 spiro atoms. The Labute approximate surface area is 389 Å². The van der Waals surface area contributed by atoms with E-state index in [4.69, 9.17) is 58.5 Å². The number of amides is 1. The predicted molar refractivity (Wildman–Crippen MR) is 256 cm³/mol. The molecular formula is C45H60Cl3N9O7. The molecule has 0 bridgehead atoms. The zero-order valence-corrected chi connectivity index (χ0v) is 38.8. The van der Waals surface area contributed by atoms with Crippen molar-refractivity contribution in [3.05, 3.63) is 69.7 Å². The van der Waals surface area contributed by atoms with E-state index in [1.54, 1.807) is 64.1 Å². The Hall–Kier alpha value is -5.13. The summed E-state index contributed by atoms with van der Waals surface area (Å²) in [4.78, 5) is 53.4. The average Bonchev–Trinajstić information content (AvgIpc) is 3.91. The van der Waals surface area contributed by atoms with Crippen LogP contribution in [0.3, 0.4) is 0 Å². The topological polar surface area (TPSA) is 198 Å². The number of aromatic nitrogens is 3. The first-order valence-electron chi connectivity index (χ1n) is 20.8. The van der Waals surface area contributed by atoms with Crippen molar-refractivity contribution >= 4 is 104 Å². The molecule has 1 saturated heterocycles. The van der Waals surface area contributed by atoms with Crippen molar-refractivity contribution in [2.45, 2.75) is 79.9 Å². The molecule has 3 aromatic carbocycles. The number of nitrogens with one attached hydrogen (secondary N) is 2. The van der Waals surface area contributed by atoms with E-state index in [-0.39, 0.29) is 19.0 Å². The third-order valence-electron chi connectivity index (χ3n) is 9.45. The van der Waals surface area contributed by atoms with Gasteiger partial charge >= 0.3 is 6.09 Å². The fourth-order valence-electron chi connectivity index (χ4n) is 6.23. The summed E-state index contributed by atoms with van der Waals surface area (Å²) < 4.78 is 22.4. The molecule has 1 fully saturated rings. The zero-order chi connectivity index (χ0) is 45.7. The van der Waals surface area contributed by atoms with Gasteiger partial charge in [-0.05, 0) is 103 Å². The molecule has 1 unspecified atom stereocenters. The summed E-state index contributed by atoms with van der Waals surface area (Å²) in [6, 6.07) is 18.1. The van der Waals surface area contributed by atoms with E-state index in [1.165, 1.54) is 6.92 Å². The van der Waals surface area contributed by atoms with Gasteiger partial charge in [-0.3, -0.25) is 9.59 Å². The molecule has 0 saturated carbocycles. The number of hydrogen-bond acceptors (Lipinski definition) is 15. The molecule has 1 aliphatic rings. The summed E-state index contributed by atoms with van der Waals surface area (Å²) >= 11 is 17.8. The molecule has 1 atom stereocenters. The Morgan fingerprint density at radius 2 is 1.27 bits per heavy atom. The number of nitrogens with zero attached hydrogens (tertiary/aromatic N) is 6. The van der Waals surface area contributed by atoms with E-state index in [0.29, 0.717) is 113 Å². The number of halogens is 3. The second-order valence-electron chi connectivity index (χ2n) is 16.1. The number of rotatable bonds is 14. The zero-order valence-electron chi connectivity index (χ0n) is 36.5. The number of benzene rings is 3. The van der Waals surface area contributed by atoms with Crippen LogP contribution in [-0.2, 0) is 14.3 Å². The summed E-state index contributed by atoms with van der Waals surface area (Å²) in [5.74, 6) is 0.190. The van der Waals surface area contributed by atoms with Crippen molar-refractivity contribution < 1.29 is 32.4 Å². The second kappa shape index (κ2) is 24.2. The molecule has 64 heavy (non-hydrogen) atoms. The van der Waals surface area contributed by atoms with Gasteiger partial charge in [-0.1, -0.05) is 42.2 Å². The van der Waals surface area contributed by atoms with Crippen LogP contribution < -0.4 is 31.1 Å². The van der Waals surface area contributed by atoms with Gasteiger partial charge in [0, 0.05) is 92.9 Å². The largest absolute Gasteiger partial charge is 0.444 e. The lowest BCUT2D eigenvalue weighted by Gasteiger charge is -2.22. The minimum absolute atomic E-state index is 0. The first kappa shape index (κ1) is 51.5. The van der Waals surface area contributed by atoms with Gasteiger partial charge in [0.05, 0.1) is 0 Å². The van der Waals surface area contributed by atoms with E-state index in [1.807, 2.05) is 28.0 Å². The van der Waals surface area contributed by atoms with Crippen LogP contribution in [0.25, 0.3) is 33.3 Å². The fourth-order valence-corrected chi connectivity index (χ4v) is 6.72. The lowest BCUT2D eigenvalue weighted by molar-refractivity contribution is -0.117. The molecule has 1 amide bonds. The van der Waals surface area contributed by atoms with Gasteiger partial charge in [-0.25, -0.2) is 4.79 Å². The van der Waals surface area contributed by atoms with Gasteiger partial charge in [0.1, 0.15) is 33.7 Å². The van der Waals surface area contributed by atoms with Crippen LogP contribution in [0.1, 0.15) is 68.2 Å². The first-order chi connectivity index (χ1) is 30.0. The number of oxazole rings is 3. The summed E-state index contributed by atoms with van der Waals surface area (Å²) in [6.45, 7) is 16.3. The Morgan fingerprint density at radius 1 is 0.781 bits per heavy atom. The van der Waals surface area contributed by atoms with Gasteiger partial charge in [0.2, 0.25) is 0 Å². The van der Waals surface area contributed by atoms with Gasteiger partial charge in [-0.2, -0.15) is 15.0 Å². The van der Waals surface area contributed by atoms with Crippen molar-refractivity contribution in [3.63, 3.8) is 0 Å². The summed E-state index contributed by atoms with van der Waals surface area (Å²) in [5, 5.41) is 8.02. The Kier molecular flexibility index (Phi) is 19.5. The molecular weight excluding hydrogens is 885 g/mol. The highest BCUT2D eigenvalue weighted by Crippen LogP contribution is 2.27. The maximum atomic E-state index is 11.8. The Morgan fingerprint density at radius 3 is 1.75 bits per heavy atom. The maximum absolute atomic E-state index is 11.8. The number of alkyl carbamates (subject to hydrolysis) is 1. The van der Waals surface area contributed by atoms with Crippen LogP contribution in [0.5, 0.6) is 0 Å². The number of ether oxygens (including phenoxy) is 1. The summed E-state index contributed by atoms with van der Waals surface area (Å²) in [5.41, 5.74) is 9.25. The van der Waals surface area contributed by atoms with Crippen LogP contribution in [0, 0.1) is 0 Å². The molecule has 4 N–H and O–H groups in total.